The van der Waals surface area contributed by atoms with Crippen molar-refractivity contribution in [1.82, 2.24) is 19.1 Å². The molecule has 0 amide bonds. The third-order valence-electron chi connectivity index (χ3n) is 7.22. The van der Waals surface area contributed by atoms with Crippen molar-refractivity contribution in [3.8, 4) is 11.5 Å². The average Bonchev–Trinajstić information content (AvgIpc) is 3.62. The molecule has 6 rings (SSSR count). The molecular weight excluding hydrogens is 798 g/mol. The summed E-state index contributed by atoms with van der Waals surface area (Å²) in [6.45, 7) is 6.64. The van der Waals surface area contributed by atoms with Gasteiger partial charge in [-0.15, -0.1) is 0 Å². The summed E-state index contributed by atoms with van der Waals surface area (Å²) in [7, 11) is 0. The Balaban J connectivity index is 0.000000213. The number of halogens is 4. The third kappa shape index (κ3) is 9.09. The number of pyridine rings is 2. The van der Waals surface area contributed by atoms with E-state index in [1.165, 1.54) is 36.7 Å². The zero-order valence-electron chi connectivity index (χ0n) is 27.7. The van der Waals surface area contributed by atoms with E-state index in [1.54, 1.807) is 57.3 Å². The molecule has 0 spiro atoms. The number of fused-ring (bicyclic) bond motifs is 2. The summed E-state index contributed by atoms with van der Waals surface area (Å²) in [5.74, 6) is -2.38. The van der Waals surface area contributed by atoms with Gasteiger partial charge in [-0.1, -0.05) is 24.3 Å². The van der Waals surface area contributed by atoms with Gasteiger partial charge >= 0.3 is 11.9 Å². The van der Waals surface area contributed by atoms with Crippen molar-refractivity contribution >= 4 is 65.6 Å². The van der Waals surface area contributed by atoms with Gasteiger partial charge in [0.25, 0.3) is 0 Å². The molecule has 15 heteroatoms. The van der Waals surface area contributed by atoms with Crippen molar-refractivity contribution in [2.24, 2.45) is 0 Å². The van der Waals surface area contributed by atoms with Gasteiger partial charge in [0.05, 0.1) is 46.5 Å². The predicted octanol–water partition coefficient (Wildman–Crippen LogP) is 7.74. The number of esters is 2. The Morgan fingerprint density at radius 1 is 0.745 bits per heavy atom. The quantitative estimate of drug-likeness (QED) is 0.131. The molecule has 0 atom stereocenters. The minimum absolute atomic E-state index is 0.0983. The number of ether oxygens (including phenoxy) is 2. The fourth-order valence-electron chi connectivity index (χ4n) is 4.93. The highest BCUT2D eigenvalue weighted by Gasteiger charge is 2.24. The Kier molecular flexibility index (Phi) is 13.6. The second-order valence-electron chi connectivity index (χ2n) is 10.6. The first-order chi connectivity index (χ1) is 24.4. The van der Waals surface area contributed by atoms with Crippen LogP contribution in [0.15, 0.2) is 82.3 Å². The lowest BCUT2D eigenvalue weighted by molar-refractivity contribution is 0.0506. The first kappa shape index (κ1) is 38.9. The number of hydrogen-bond acceptors (Lipinski definition) is 9. The lowest BCUT2D eigenvalue weighted by Gasteiger charge is -2.08. The Morgan fingerprint density at radius 2 is 1.22 bits per heavy atom. The minimum atomic E-state index is -0.684. The summed E-state index contributed by atoms with van der Waals surface area (Å²) in [6, 6.07) is 14.0. The largest absolute Gasteiger partial charge is 0.505 e. The van der Waals surface area contributed by atoms with Gasteiger partial charge in [0.2, 0.25) is 0 Å². The van der Waals surface area contributed by atoms with Crippen LogP contribution in [-0.2, 0) is 22.6 Å². The van der Waals surface area contributed by atoms with Gasteiger partial charge in [-0.3, -0.25) is 0 Å². The number of aliphatic hydroxyl groups is 1. The Hall–Kier alpha value is -4.86. The number of aliphatic hydroxyl groups excluding tert-OH is 1. The van der Waals surface area contributed by atoms with Crippen LogP contribution in [-0.4, -0.2) is 66.2 Å². The second kappa shape index (κ2) is 17.9. The van der Waals surface area contributed by atoms with Crippen molar-refractivity contribution in [2.75, 3.05) is 19.8 Å². The number of carbonyl (C=O) groups is 2. The molecule has 4 heterocycles. The summed E-state index contributed by atoms with van der Waals surface area (Å²) in [5.41, 5.74) is 2.85. The molecule has 51 heavy (non-hydrogen) atoms. The van der Waals surface area contributed by atoms with Crippen LogP contribution in [0.5, 0.6) is 11.5 Å². The van der Waals surface area contributed by atoms with E-state index in [4.69, 9.17) is 14.6 Å². The molecule has 0 radical (unpaired) electrons. The number of rotatable bonds is 8. The van der Waals surface area contributed by atoms with E-state index < -0.39 is 11.9 Å². The van der Waals surface area contributed by atoms with Gasteiger partial charge < -0.3 is 33.9 Å². The Bertz CT molecular complexity index is 2140. The number of benzene rings is 2. The van der Waals surface area contributed by atoms with Crippen molar-refractivity contribution < 1.29 is 43.2 Å². The number of aromatic nitrogens is 4. The highest BCUT2D eigenvalue weighted by molar-refractivity contribution is 9.13. The van der Waals surface area contributed by atoms with E-state index >= 15 is 0 Å². The van der Waals surface area contributed by atoms with Gasteiger partial charge in [-0.2, -0.15) is 0 Å². The molecule has 0 saturated carbocycles. The normalized spacial score (nSPS) is 10.7. The van der Waals surface area contributed by atoms with E-state index in [-0.39, 0.29) is 54.3 Å². The summed E-state index contributed by atoms with van der Waals surface area (Å²) >= 11 is 6.91. The van der Waals surface area contributed by atoms with Gasteiger partial charge in [0.15, 0.2) is 22.9 Å². The molecule has 4 aromatic heterocycles. The molecule has 0 unspecified atom stereocenters. The standard InChI is InChI=1S/C17H13Br2FN2O3.C17H15FN2O3.C2H6O/c1-2-25-17(24)14-15(23)12-11(7-21-14)22(16(19)13(12)18)8-9-3-5-10(20)6-4-9;1-2-23-17(22)15-16(21)13-7-8-20(14(13)9-19-15)10-11-3-5-12(18)6-4-11;1-2-3/h3-7,23H,2,8H2,1H3;3-9,21H,2,10H2,1H3;3H,2H2,1H3. The molecule has 0 aliphatic carbocycles. The molecule has 268 valence electrons. The van der Waals surface area contributed by atoms with Crippen molar-refractivity contribution in [1.29, 1.82) is 0 Å². The minimum Gasteiger partial charge on any atom is -0.505 e. The fourth-order valence-corrected chi connectivity index (χ4v) is 6.05. The maximum atomic E-state index is 13.1. The Labute approximate surface area is 308 Å². The van der Waals surface area contributed by atoms with Crippen LogP contribution >= 0.6 is 31.9 Å². The topological polar surface area (TPSA) is 149 Å². The van der Waals surface area contributed by atoms with Crippen molar-refractivity contribution in [3.05, 3.63) is 116 Å². The maximum Gasteiger partial charge on any atom is 0.360 e. The molecular formula is C36H34Br2F2N4O7. The molecule has 0 aliphatic heterocycles. The van der Waals surface area contributed by atoms with Gasteiger partial charge in [0, 0.05) is 31.3 Å². The summed E-state index contributed by atoms with van der Waals surface area (Å²) in [4.78, 5) is 31.7. The number of aromatic hydroxyl groups is 2. The maximum absolute atomic E-state index is 13.1. The molecule has 3 N–H and O–H groups in total. The first-order valence-electron chi connectivity index (χ1n) is 15.6. The van der Waals surface area contributed by atoms with Gasteiger partial charge in [-0.25, -0.2) is 28.3 Å². The van der Waals surface area contributed by atoms with E-state index in [9.17, 15) is 28.6 Å². The summed E-state index contributed by atoms with van der Waals surface area (Å²) < 4.78 is 40.8. The first-order valence-corrected chi connectivity index (χ1v) is 17.2. The predicted molar refractivity (Wildman–Crippen MR) is 194 cm³/mol. The van der Waals surface area contributed by atoms with Crippen molar-refractivity contribution in [2.45, 2.75) is 33.9 Å². The molecule has 2 aromatic carbocycles. The summed E-state index contributed by atoms with van der Waals surface area (Å²) in [5, 5.41) is 29.3. The van der Waals surface area contributed by atoms with E-state index in [1.807, 2.05) is 9.13 Å². The molecule has 11 nitrogen and oxygen atoms in total. The summed E-state index contributed by atoms with van der Waals surface area (Å²) in [6.07, 6.45) is 4.80. The third-order valence-corrected chi connectivity index (χ3v) is 9.35. The zero-order chi connectivity index (χ0) is 37.2. The van der Waals surface area contributed by atoms with Crippen LogP contribution in [0.2, 0.25) is 0 Å². The molecule has 0 fully saturated rings. The molecule has 0 saturated heterocycles. The van der Waals surface area contributed by atoms with Crippen LogP contribution in [0, 0.1) is 11.6 Å². The van der Waals surface area contributed by atoms with Gasteiger partial charge in [0.1, 0.15) is 16.2 Å². The smallest absolute Gasteiger partial charge is 0.360 e. The molecule has 0 aliphatic rings. The lowest BCUT2D eigenvalue weighted by atomic mass is 10.2. The van der Waals surface area contributed by atoms with Crippen LogP contribution in [0.3, 0.4) is 0 Å². The van der Waals surface area contributed by atoms with E-state index in [0.29, 0.717) is 44.0 Å². The number of hydrogen-bond donors (Lipinski definition) is 3. The fraction of sp³-hybridized carbons (Fsp3) is 0.222. The van der Waals surface area contributed by atoms with Gasteiger partial charge in [-0.05, 0) is 94.1 Å². The zero-order valence-corrected chi connectivity index (χ0v) is 30.9. The van der Waals surface area contributed by atoms with E-state index in [2.05, 4.69) is 41.8 Å². The monoisotopic (exact) mass is 830 g/mol. The second-order valence-corrected chi connectivity index (χ2v) is 12.2. The van der Waals surface area contributed by atoms with Crippen LogP contribution in [0.4, 0.5) is 8.78 Å². The SMILES string of the molecule is CCO.CCOC(=O)c1ncc2c(c1O)c(Br)c(Br)n2Cc1ccc(F)cc1.CCOC(=O)c1ncc2c(ccn2Cc2ccc(F)cc2)c1O. The highest BCUT2D eigenvalue weighted by atomic mass is 79.9. The van der Waals surface area contributed by atoms with Crippen LogP contribution < -0.4 is 0 Å². The van der Waals surface area contributed by atoms with E-state index in [0.717, 1.165) is 11.1 Å². The lowest BCUT2D eigenvalue weighted by Crippen LogP contribution is -2.08. The molecule has 0 bridgehead atoms. The number of carbonyl (C=O) groups excluding carboxylic acids is 2. The average molecular weight is 832 g/mol. The number of nitrogens with zero attached hydrogens (tertiary/aromatic N) is 4. The molecule has 6 aromatic rings. The van der Waals surface area contributed by atoms with Crippen LogP contribution in [0.25, 0.3) is 21.8 Å². The highest BCUT2D eigenvalue weighted by Crippen LogP contribution is 2.41. The van der Waals surface area contributed by atoms with Crippen molar-refractivity contribution in [3.63, 3.8) is 0 Å². The Morgan fingerprint density at radius 3 is 1.73 bits per heavy atom. The van der Waals surface area contributed by atoms with Crippen LogP contribution in [0.1, 0.15) is 52.9 Å².